The van der Waals surface area contributed by atoms with Crippen LogP contribution in [-0.4, -0.2) is 32.1 Å². The zero-order chi connectivity index (χ0) is 20.1. The van der Waals surface area contributed by atoms with Crippen molar-refractivity contribution < 1.29 is 9.13 Å². The maximum absolute atomic E-state index is 15.0. The van der Waals surface area contributed by atoms with Crippen LogP contribution in [-0.2, 0) is 4.74 Å². The first kappa shape index (κ1) is 17.5. The molecule has 0 amide bonds. The fourth-order valence-electron chi connectivity index (χ4n) is 3.84. The molecule has 4 aromatic rings. The van der Waals surface area contributed by atoms with E-state index in [2.05, 4.69) is 16.0 Å². The quantitative estimate of drug-likeness (QED) is 0.526. The second-order valence-electron chi connectivity index (χ2n) is 7.19. The highest BCUT2D eigenvalue weighted by molar-refractivity contribution is 5.84. The molecule has 1 saturated heterocycles. The molecule has 0 radical (unpaired) electrons. The van der Waals surface area contributed by atoms with Gasteiger partial charge in [-0.3, -0.25) is 9.36 Å². The molecule has 0 bridgehead atoms. The van der Waals surface area contributed by atoms with E-state index < -0.39 is 11.4 Å². The van der Waals surface area contributed by atoms with E-state index in [1.54, 1.807) is 28.9 Å². The van der Waals surface area contributed by atoms with Gasteiger partial charge in [-0.1, -0.05) is 0 Å². The highest BCUT2D eigenvalue weighted by atomic mass is 19.1. The number of ether oxygens (including phenoxy) is 1. The number of nitrogens with zero attached hydrogens (tertiary/aromatic N) is 5. The van der Waals surface area contributed by atoms with Gasteiger partial charge in [-0.05, 0) is 42.7 Å². The summed E-state index contributed by atoms with van der Waals surface area (Å²) in [6.07, 6.45) is 5.75. The molecule has 8 heteroatoms. The number of fused-ring (bicyclic) bond motifs is 2. The third kappa shape index (κ3) is 2.79. The number of halogens is 1. The van der Waals surface area contributed by atoms with Gasteiger partial charge in [0.15, 0.2) is 5.65 Å². The second kappa shape index (κ2) is 6.50. The molecule has 3 aromatic heterocycles. The van der Waals surface area contributed by atoms with E-state index in [0.717, 1.165) is 5.69 Å². The molecular weight excluding hydrogens is 373 g/mol. The van der Waals surface area contributed by atoms with Crippen LogP contribution in [0, 0.1) is 24.1 Å². The van der Waals surface area contributed by atoms with Crippen LogP contribution in [0.15, 0.2) is 41.7 Å². The summed E-state index contributed by atoms with van der Waals surface area (Å²) in [5.41, 5.74) is 2.77. The number of imidazole rings is 1. The van der Waals surface area contributed by atoms with Crippen molar-refractivity contribution in [2.24, 2.45) is 0 Å². The Morgan fingerprint density at radius 2 is 2.14 bits per heavy atom. The minimum absolute atomic E-state index is 0.0387. The van der Waals surface area contributed by atoms with Crippen molar-refractivity contribution in [3.63, 3.8) is 0 Å². The first-order valence-corrected chi connectivity index (χ1v) is 9.23. The molecule has 144 valence electrons. The first-order valence-electron chi connectivity index (χ1n) is 9.23. The summed E-state index contributed by atoms with van der Waals surface area (Å²) in [4.78, 5) is 21.5. The number of pyridine rings is 1. The SMILES string of the molecule is Cc1cn2cc(-c3cc(F)c4c(=O)n([C@H]5CCOC5)cnc4c3)cc(C#N)c2n1. The third-order valence-corrected chi connectivity index (χ3v) is 5.26. The number of nitriles is 1. The fraction of sp³-hybridized carbons (Fsp3) is 0.238. The summed E-state index contributed by atoms with van der Waals surface area (Å²) in [5, 5.41) is 9.43. The average molecular weight is 389 g/mol. The predicted molar refractivity (Wildman–Crippen MR) is 104 cm³/mol. The summed E-state index contributed by atoms with van der Waals surface area (Å²) in [6.45, 7) is 2.84. The molecular formula is C21H16FN5O2. The molecule has 1 atom stereocenters. The monoisotopic (exact) mass is 389 g/mol. The number of rotatable bonds is 2. The Labute approximate surface area is 164 Å². The lowest BCUT2D eigenvalue weighted by Gasteiger charge is -2.13. The molecule has 0 aliphatic carbocycles. The smallest absolute Gasteiger partial charge is 0.264 e. The zero-order valence-electron chi connectivity index (χ0n) is 15.6. The molecule has 0 unspecified atom stereocenters. The van der Waals surface area contributed by atoms with E-state index in [1.165, 1.54) is 17.0 Å². The van der Waals surface area contributed by atoms with Gasteiger partial charge in [-0.25, -0.2) is 14.4 Å². The van der Waals surface area contributed by atoms with E-state index in [0.29, 0.717) is 42.0 Å². The van der Waals surface area contributed by atoms with Crippen LogP contribution in [0.4, 0.5) is 4.39 Å². The number of aryl methyl sites for hydroxylation is 1. The number of hydrogen-bond acceptors (Lipinski definition) is 5. The van der Waals surface area contributed by atoms with Crippen molar-refractivity contribution in [2.45, 2.75) is 19.4 Å². The Hall–Kier alpha value is -3.57. The molecule has 5 rings (SSSR count). The van der Waals surface area contributed by atoms with E-state index in [-0.39, 0.29) is 16.9 Å². The number of hydrogen-bond donors (Lipinski definition) is 0. The molecule has 1 aliphatic rings. The van der Waals surface area contributed by atoms with E-state index in [1.807, 2.05) is 6.92 Å². The molecule has 7 nitrogen and oxygen atoms in total. The van der Waals surface area contributed by atoms with E-state index in [9.17, 15) is 14.4 Å². The largest absolute Gasteiger partial charge is 0.379 e. The summed E-state index contributed by atoms with van der Waals surface area (Å²) in [5.74, 6) is -0.635. The van der Waals surface area contributed by atoms with Gasteiger partial charge in [0.1, 0.15) is 17.3 Å². The topological polar surface area (TPSA) is 85.2 Å². The highest BCUT2D eigenvalue weighted by Crippen LogP contribution is 2.27. The number of benzene rings is 1. The lowest BCUT2D eigenvalue weighted by atomic mass is 10.0. The minimum Gasteiger partial charge on any atom is -0.379 e. The van der Waals surface area contributed by atoms with Crippen LogP contribution in [0.3, 0.4) is 0 Å². The van der Waals surface area contributed by atoms with Gasteiger partial charge >= 0.3 is 0 Å². The Bertz CT molecular complexity index is 1380. The normalized spacial score (nSPS) is 16.5. The van der Waals surface area contributed by atoms with Crippen LogP contribution in [0.5, 0.6) is 0 Å². The van der Waals surface area contributed by atoms with Crippen molar-refractivity contribution in [3.05, 3.63) is 64.3 Å². The summed E-state index contributed by atoms with van der Waals surface area (Å²) in [7, 11) is 0. The maximum Gasteiger partial charge on any atom is 0.264 e. The van der Waals surface area contributed by atoms with E-state index >= 15 is 0 Å². The van der Waals surface area contributed by atoms with Gasteiger partial charge < -0.3 is 9.14 Å². The first-order chi connectivity index (χ1) is 14.0. The van der Waals surface area contributed by atoms with E-state index in [4.69, 9.17) is 4.74 Å². The van der Waals surface area contributed by atoms with Gasteiger partial charge in [0.25, 0.3) is 5.56 Å². The standard InChI is InChI=1S/C21H16FN5O2/c1-12-8-26-9-15(4-14(7-23)20(26)25-12)13-5-17(22)19-18(6-13)24-11-27(21(19)28)16-2-3-29-10-16/h4-6,8-9,11,16H,2-3,10H2,1H3/t16-/m0/s1. The summed E-state index contributed by atoms with van der Waals surface area (Å²) < 4.78 is 23.5. The van der Waals surface area contributed by atoms with Crippen molar-refractivity contribution in [1.29, 1.82) is 5.26 Å². The van der Waals surface area contributed by atoms with Crippen LogP contribution < -0.4 is 5.56 Å². The maximum atomic E-state index is 15.0. The lowest BCUT2D eigenvalue weighted by molar-refractivity contribution is 0.186. The summed E-state index contributed by atoms with van der Waals surface area (Å²) in [6, 6.07) is 6.66. The van der Waals surface area contributed by atoms with Gasteiger partial charge in [-0.2, -0.15) is 5.26 Å². The molecule has 0 spiro atoms. The Balaban J connectivity index is 1.69. The van der Waals surface area contributed by atoms with Gasteiger partial charge in [-0.15, -0.1) is 0 Å². The third-order valence-electron chi connectivity index (χ3n) is 5.26. The van der Waals surface area contributed by atoms with Crippen LogP contribution in [0.1, 0.15) is 23.7 Å². The van der Waals surface area contributed by atoms with Crippen molar-refractivity contribution in [1.82, 2.24) is 18.9 Å². The molecule has 0 saturated carbocycles. The van der Waals surface area contributed by atoms with Crippen molar-refractivity contribution >= 4 is 16.6 Å². The zero-order valence-corrected chi connectivity index (χ0v) is 15.6. The van der Waals surface area contributed by atoms with Crippen LogP contribution in [0.2, 0.25) is 0 Å². The van der Waals surface area contributed by atoms with Crippen molar-refractivity contribution in [3.8, 4) is 17.2 Å². The van der Waals surface area contributed by atoms with Gasteiger partial charge in [0, 0.05) is 19.0 Å². The van der Waals surface area contributed by atoms with Crippen molar-refractivity contribution in [2.75, 3.05) is 13.2 Å². The van der Waals surface area contributed by atoms with Crippen LogP contribution in [0.25, 0.3) is 27.7 Å². The number of aromatic nitrogens is 4. The molecule has 4 heterocycles. The lowest BCUT2D eigenvalue weighted by Crippen LogP contribution is -2.26. The molecule has 1 fully saturated rings. The Morgan fingerprint density at radius 3 is 2.90 bits per heavy atom. The van der Waals surface area contributed by atoms with Gasteiger partial charge in [0.05, 0.1) is 35.8 Å². The fourth-order valence-corrected chi connectivity index (χ4v) is 3.84. The summed E-state index contributed by atoms with van der Waals surface area (Å²) >= 11 is 0. The van der Waals surface area contributed by atoms with Crippen LogP contribution >= 0.6 is 0 Å². The Kier molecular flexibility index (Phi) is 3.93. The molecule has 29 heavy (non-hydrogen) atoms. The molecule has 1 aliphatic heterocycles. The molecule has 0 N–H and O–H groups in total. The minimum atomic E-state index is -0.635. The highest BCUT2D eigenvalue weighted by Gasteiger charge is 2.21. The Morgan fingerprint density at radius 1 is 1.28 bits per heavy atom. The average Bonchev–Trinajstić information content (AvgIpc) is 3.35. The second-order valence-corrected chi connectivity index (χ2v) is 7.19. The predicted octanol–water partition coefficient (Wildman–Crippen LogP) is 2.99. The molecule has 1 aromatic carbocycles. The van der Waals surface area contributed by atoms with Gasteiger partial charge in [0.2, 0.25) is 0 Å².